The maximum absolute atomic E-state index is 5.38. The molecule has 0 unspecified atom stereocenters. The van der Waals surface area contributed by atoms with Crippen LogP contribution in [0.15, 0.2) is 22.1 Å². The standard InChI is InChI=1S/C10H15NO2S2/c14-7-10(1-4-12-5-2-10)8-15-9-11-3-6-13-9/h3,6,14H,1-2,4-5,7-8H2. The molecule has 0 aromatic carbocycles. The topological polar surface area (TPSA) is 35.3 Å². The minimum absolute atomic E-state index is 0.292. The fourth-order valence-corrected chi connectivity index (χ4v) is 3.31. The molecule has 2 heterocycles. The molecule has 0 bridgehead atoms. The van der Waals surface area contributed by atoms with Crippen molar-refractivity contribution in [3.05, 3.63) is 12.5 Å². The molecule has 0 radical (unpaired) electrons. The van der Waals surface area contributed by atoms with Gasteiger partial charge in [0.2, 0.25) is 0 Å². The number of thiol groups is 1. The lowest BCUT2D eigenvalue weighted by molar-refractivity contribution is 0.0370. The van der Waals surface area contributed by atoms with Gasteiger partial charge < -0.3 is 9.15 Å². The van der Waals surface area contributed by atoms with Gasteiger partial charge >= 0.3 is 0 Å². The smallest absolute Gasteiger partial charge is 0.255 e. The molecule has 1 saturated heterocycles. The second-order valence-corrected chi connectivity index (χ2v) is 5.10. The number of ether oxygens (including phenoxy) is 1. The molecular weight excluding hydrogens is 230 g/mol. The molecule has 0 saturated carbocycles. The van der Waals surface area contributed by atoms with Crippen LogP contribution < -0.4 is 0 Å². The Morgan fingerprint density at radius 3 is 2.87 bits per heavy atom. The SMILES string of the molecule is SCC1(CSc2ncco2)CCOCC1. The normalized spacial score (nSPS) is 20.3. The summed E-state index contributed by atoms with van der Waals surface area (Å²) in [5.41, 5.74) is 0.292. The highest BCUT2D eigenvalue weighted by atomic mass is 32.2. The molecule has 3 nitrogen and oxygen atoms in total. The monoisotopic (exact) mass is 245 g/mol. The number of oxazole rings is 1. The summed E-state index contributed by atoms with van der Waals surface area (Å²) in [5.74, 6) is 1.92. The fourth-order valence-electron chi connectivity index (χ4n) is 1.65. The van der Waals surface area contributed by atoms with Crippen LogP contribution in [0.25, 0.3) is 0 Å². The van der Waals surface area contributed by atoms with Crippen LogP contribution in [0.4, 0.5) is 0 Å². The van der Waals surface area contributed by atoms with Crippen LogP contribution in [0.3, 0.4) is 0 Å². The maximum atomic E-state index is 5.38. The number of rotatable bonds is 4. The van der Waals surface area contributed by atoms with E-state index in [2.05, 4.69) is 17.6 Å². The van der Waals surface area contributed by atoms with Crippen molar-refractivity contribution in [1.29, 1.82) is 0 Å². The second kappa shape index (κ2) is 5.27. The van der Waals surface area contributed by atoms with E-state index in [9.17, 15) is 0 Å². The molecule has 5 heteroatoms. The van der Waals surface area contributed by atoms with E-state index in [4.69, 9.17) is 9.15 Å². The Bertz CT molecular complexity index is 284. The summed E-state index contributed by atoms with van der Waals surface area (Å²) in [6.07, 6.45) is 5.47. The van der Waals surface area contributed by atoms with Crippen LogP contribution in [0, 0.1) is 5.41 Å². The van der Waals surface area contributed by atoms with E-state index in [0.717, 1.165) is 42.8 Å². The molecule has 0 spiro atoms. The largest absolute Gasteiger partial charge is 0.440 e. The Hall–Kier alpha value is -0.130. The molecular formula is C10H15NO2S2. The molecule has 1 aliphatic heterocycles. The summed E-state index contributed by atoms with van der Waals surface area (Å²) in [6, 6.07) is 0. The molecule has 0 N–H and O–H groups in total. The number of aromatic nitrogens is 1. The molecule has 0 amide bonds. The molecule has 1 aliphatic rings. The third kappa shape index (κ3) is 2.92. The number of hydrogen-bond acceptors (Lipinski definition) is 5. The molecule has 2 rings (SSSR count). The average Bonchev–Trinajstić information content (AvgIpc) is 2.81. The van der Waals surface area contributed by atoms with E-state index in [1.54, 1.807) is 24.2 Å². The highest BCUT2D eigenvalue weighted by Gasteiger charge is 2.31. The van der Waals surface area contributed by atoms with Gasteiger partial charge in [-0.1, -0.05) is 11.8 Å². The van der Waals surface area contributed by atoms with E-state index in [1.807, 2.05) is 0 Å². The third-order valence-electron chi connectivity index (χ3n) is 2.80. The van der Waals surface area contributed by atoms with E-state index in [0.29, 0.717) is 5.41 Å². The molecule has 15 heavy (non-hydrogen) atoms. The Kier molecular flexibility index (Phi) is 3.99. The van der Waals surface area contributed by atoms with Crippen molar-refractivity contribution in [3.63, 3.8) is 0 Å². The summed E-state index contributed by atoms with van der Waals surface area (Å²) in [7, 11) is 0. The van der Waals surface area contributed by atoms with Gasteiger partial charge in [0.1, 0.15) is 6.26 Å². The lowest BCUT2D eigenvalue weighted by Crippen LogP contribution is -2.33. The predicted molar refractivity (Wildman–Crippen MR) is 63.6 cm³/mol. The summed E-state index contributed by atoms with van der Waals surface area (Å²) in [5, 5.41) is 0.752. The first kappa shape index (κ1) is 11.4. The number of hydrogen-bond donors (Lipinski definition) is 1. The minimum Gasteiger partial charge on any atom is -0.440 e. The first-order valence-electron chi connectivity index (χ1n) is 5.06. The van der Waals surface area contributed by atoms with Gasteiger partial charge in [-0.25, -0.2) is 4.98 Å². The Balaban J connectivity index is 1.89. The highest BCUT2D eigenvalue weighted by Crippen LogP contribution is 2.36. The van der Waals surface area contributed by atoms with Gasteiger partial charge in [-0.05, 0) is 24.0 Å². The summed E-state index contributed by atoms with van der Waals surface area (Å²) < 4.78 is 10.6. The van der Waals surface area contributed by atoms with Crippen molar-refractivity contribution >= 4 is 24.4 Å². The van der Waals surface area contributed by atoms with Crippen LogP contribution in [0.2, 0.25) is 0 Å². The summed E-state index contributed by atoms with van der Waals surface area (Å²) in [4.78, 5) is 4.11. The Labute approximate surface area is 99.4 Å². The predicted octanol–water partition coefficient (Wildman–Crippen LogP) is 2.49. The van der Waals surface area contributed by atoms with Crippen LogP contribution in [-0.2, 0) is 4.74 Å². The molecule has 1 aromatic heterocycles. The number of thioether (sulfide) groups is 1. The van der Waals surface area contributed by atoms with Crippen LogP contribution >= 0.6 is 24.4 Å². The molecule has 0 aliphatic carbocycles. The second-order valence-electron chi connectivity index (χ2n) is 3.86. The minimum atomic E-state index is 0.292. The molecule has 1 fully saturated rings. The van der Waals surface area contributed by atoms with Gasteiger partial charge in [0.25, 0.3) is 5.22 Å². The van der Waals surface area contributed by atoms with Gasteiger partial charge in [0.15, 0.2) is 0 Å². The van der Waals surface area contributed by atoms with Crippen molar-refractivity contribution in [2.24, 2.45) is 5.41 Å². The first-order valence-corrected chi connectivity index (χ1v) is 6.67. The summed E-state index contributed by atoms with van der Waals surface area (Å²) >= 11 is 6.14. The van der Waals surface area contributed by atoms with Gasteiger partial charge in [0.05, 0.1) is 6.20 Å². The quantitative estimate of drug-likeness (QED) is 0.653. The Morgan fingerprint density at radius 1 is 1.47 bits per heavy atom. The summed E-state index contributed by atoms with van der Waals surface area (Å²) in [6.45, 7) is 1.71. The third-order valence-corrected chi connectivity index (χ3v) is 4.68. The van der Waals surface area contributed by atoms with E-state index < -0.39 is 0 Å². The van der Waals surface area contributed by atoms with Crippen molar-refractivity contribution in [2.45, 2.75) is 18.1 Å². The maximum Gasteiger partial charge on any atom is 0.255 e. The highest BCUT2D eigenvalue weighted by molar-refractivity contribution is 7.99. The zero-order chi connectivity index (χ0) is 10.6. The van der Waals surface area contributed by atoms with Crippen LogP contribution in [0.5, 0.6) is 0 Å². The lowest BCUT2D eigenvalue weighted by atomic mass is 9.84. The fraction of sp³-hybridized carbons (Fsp3) is 0.700. The van der Waals surface area contributed by atoms with Crippen LogP contribution in [0.1, 0.15) is 12.8 Å². The number of nitrogens with zero attached hydrogens (tertiary/aromatic N) is 1. The first-order chi connectivity index (χ1) is 7.35. The van der Waals surface area contributed by atoms with E-state index in [1.165, 1.54) is 0 Å². The van der Waals surface area contributed by atoms with Crippen molar-refractivity contribution in [3.8, 4) is 0 Å². The lowest BCUT2D eigenvalue weighted by Gasteiger charge is -2.35. The average molecular weight is 245 g/mol. The Morgan fingerprint density at radius 2 is 2.27 bits per heavy atom. The van der Waals surface area contributed by atoms with Gasteiger partial charge in [-0.15, -0.1) is 0 Å². The molecule has 1 aromatic rings. The van der Waals surface area contributed by atoms with Gasteiger partial charge in [-0.3, -0.25) is 0 Å². The van der Waals surface area contributed by atoms with E-state index >= 15 is 0 Å². The van der Waals surface area contributed by atoms with Crippen molar-refractivity contribution in [2.75, 3.05) is 24.7 Å². The van der Waals surface area contributed by atoms with Crippen LogP contribution in [-0.4, -0.2) is 29.7 Å². The van der Waals surface area contributed by atoms with Crippen molar-refractivity contribution in [1.82, 2.24) is 4.98 Å². The molecule has 84 valence electrons. The van der Waals surface area contributed by atoms with Gasteiger partial charge in [0, 0.05) is 19.0 Å². The van der Waals surface area contributed by atoms with E-state index in [-0.39, 0.29) is 0 Å². The van der Waals surface area contributed by atoms with Gasteiger partial charge in [-0.2, -0.15) is 12.6 Å². The van der Waals surface area contributed by atoms with Crippen molar-refractivity contribution < 1.29 is 9.15 Å². The zero-order valence-corrected chi connectivity index (χ0v) is 10.2. The zero-order valence-electron chi connectivity index (χ0n) is 8.52. The molecule has 0 atom stereocenters.